The van der Waals surface area contributed by atoms with Gasteiger partial charge in [-0.3, -0.25) is 0 Å². The molecular formula is C15H17N5O. The van der Waals surface area contributed by atoms with Gasteiger partial charge in [0.1, 0.15) is 0 Å². The van der Waals surface area contributed by atoms with Crippen molar-refractivity contribution in [1.82, 2.24) is 9.97 Å². The summed E-state index contributed by atoms with van der Waals surface area (Å²) in [4.78, 5) is 12.7. The summed E-state index contributed by atoms with van der Waals surface area (Å²) < 4.78 is 0. The Labute approximate surface area is 123 Å². The van der Waals surface area contributed by atoms with Gasteiger partial charge >= 0.3 is 0 Å². The Morgan fingerprint density at radius 1 is 1.43 bits per heavy atom. The standard InChI is InChI=1S/C15H17N5O/c1-2-3-4-11(9-21)18-14-12-6-5-10(8-16)7-13(12)19-15(17)20-14/h5-7,21H,2-4,9H2,1H3,(H2,17,19,20). The first kappa shape index (κ1) is 14.9. The van der Waals surface area contributed by atoms with Crippen molar-refractivity contribution >= 4 is 28.4 Å². The number of nitrogens with zero attached hydrogens (tertiary/aromatic N) is 4. The average Bonchev–Trinajstić information content (AvgIpc) is 2.50. The maximum atomic E-state index is 9.39. The molecule has 0 bridgehead atoms. The summed E-state index contributed by atoms with van der Waals surface area (Å²) in [7, 11) is 0. The van der Waals surface area contributed by atoms with Gasteiger partial charge in [-0.1, -0.05) is 13.3 Å². The Hall–Kier alpha value is -2.52. The van der Waals surface area contributed by atoms with E-state index in [1.54, 1.807) is 18.2 Å². The molecule has 0 saturated carbocycles. The minimum absolute atomic E-state index is 0.101. The highest BCUT2D eigenvalue weighted by atomic mass is 16.3. The van der Waals surface area contributed by atoms with Crippen molar-refractivity contribution in [2.75, 3.05) is 12.3 Å². The van der Waals surface area contributed by atoms with E-state index in [0.29, 0.717) is 34.4 Å². The van der Waals surface area contributed by atoms with Crippen molar-refractivity contribution in [2.24, 2.45) is 4.99 Å². The monoisotopic (exact) mass is 283 g/mol. The zero-order chi connectivity index (χ0) is 15.2. The van der Waals surface area contributed by atoms with Crippen LogP contribution in [0, 0.1) is 11.3 Å². The number of anilines is 1. The number of aliphatic hydroxyl groups is 1. The molecular weight excluding hydrogens is 266 g/mol. The first-order chi connectivity index (χ1) is 10.2. The Kier molecular flexibility index (Phi) is 4.80. The van der Waals surface area contributed by atoms with E-state index in [-0.39, 0.29) is 12.6 Å². The molecule has 21 heavy (non-hydrogen) atoms. The van der Waals surface area contributed by atoms with Gasteiger partial charge in [0.2, 0.25) is 5.95 Å². The highest BCUT2D eigenvalue weighted by molar-refractivity contribution is 5.94. The van der Waals surface area contributed by atoms with Crippen molar-refractivity contribution in [1.29, 1.82) is 5.26 Å². The van der Waals surface area contributed by atoms with Crippen LogP contribution < -0.4 is 5.73 Å². The van der Waals surface area contributed by atoms with Gasteiger partial charge in [0.25, 0.3) is 0 Å². The topological polar surface area (TPSA) is 108 Å². The lowest BCUT2D eigenvalue weighted by molar-refractivity contribution is 0.354. The number of nitriles is 1. The van der Waals surface area contributed by atoms with Crippen molar-refractivity contribution in [2.45, 2.75) is 26.2 Å². The molecule has 3 N–H and O–H groups in total. The first-order valence-electron chi connectivity index (χ1n) is 6.82. The zero-order valence-corrected chi connectivity index (χ0v) is 11.9. The second-order valence-electron chi connectivity index (χ2n) is 4.69. The SMILES string of the molecule is CCCCC(CO)=Nc1nc(N)nc2cc(C#N)ccc12. The number of rotatable bonds is 5. The quantitative estimate of drug-likeness (QED) is 0.819. The van der Waals surface area contributed by atoms with Crippen molar-refractivity contribution in [3.05, 3.63) is 23.8 Å². The van der Waals surface area contributed by atoms with E-state index in [0.717, 1.165) is 12.8 Å². The summed E-state index contributed by atoms with van der Waals surface area (Å²) in [6.45, 7) is 1.97. The molecule has 2 aromatic rings. The van der Waals surface area contributed by atoms with Crippen LogP contribution in [0.25, 0.3) is 10.9 Å². The van der Waals surface area contributed by atoms with E-state index in [2.05, 4.69) is 28.0 Å². The van der Waals surface area contributed by atoms with Gasteiger partial charge in [0.15, 0.2) is 5.82 Å². The van der Waals surface area contributed by atoms with Gasteiger partial charge in [-0.25, -0.2) is 9.98 Å². The molecule has 0 atom stereocenters. The van der Waals surface area contributed by atoms with Crippen LogP contribution in [-0.4, -0.2) is 27.4 Å². The van der Waals surface area contributed by atoms with Crippen LogP contribution in [-0.2, 0) is 0 Å². The molecule has 108 valence electrons. The second kappa shape index (κ2) is 6.77. The van der Waals surface area contributed by atoms with Gasteiger partial charge in [-0.05, 0) is 31.0 Å². The molecule has 0 aliphatic heterocycles. The van der Waals surface area contributed by atoms with E-state index in [1.807, 2.05) is 0 Å². The third-order valence-electron chi connectivity index (χ3n) is 3.09. The minimum Gasteiger partial charge on any atom is -0.390 e. The number of aliphatic hydroxyl groups excluding tert-OH is 1. The third kappa shape index (κ3) is 3.52. The van der Waals surface area contributed by atoms with Crippen LogP contribution in [0.1, 0.15) is 31.7 Å². The fourth-order valence-electron chi connectivity index (χ4n) is 1.99. The Balaban J connectivity index is 2.52. The number of aromatic nitrogens is 2. The Morgan fingerprint density at radius 2 is 2.24 bits per heavy atom. The largest absolute Gasteiger partial charge is 0.390 e. The predicted octanol–water partition coefficient (Wildman–Crippen LogP) is 2.34. The molecule has 1 aromatic heterocycles. The predicted molar refractivity (Wildman–Crippen MR) is 82.4 cm³/mol. The van der Waals surface area contributed by atoms with Crippen molar-refractivity contribution in [3.8, 4) is 6.07 Å². The van der Waals surface area contributed by atoms with Gasteiger partial charge < -0.3 is 10.8 Å². The van der Waals surface area contributed by atoms with Gasteiger partial charge in [0.05, 0.1) is 23.8 Å². The molecule has 1 heterocycles. The first-order valence-corrected chi connectivity index (χ1v) is 6.82. The smallest absolute Gasteiger partial charge is 0.222 e. The third-order valence-corrected chi connectivity index (χ3v) is 3.09. The summed E-state index contributed by atoms with van der Waals surface area (Å²) in [5, 5.41) is 19.0. The molecule has 0 aliphatic rings. The highest BCUT2D eigenvalue weighted by Crippen LogP contribution is 2.25. The van der Waals surface area contributed by atoms with E-state index in [1.165, 1.54) is 0 Å². The van der Waals surface area contributed by atoms with Crippen LogP contribution in [0.3, 0.4) is 0 Å². The fraction of sp³-hybridized carbons (Fsp3) is 0.333. The number of nitrogens with two attached hydrogens (primary N) is 1. The Morgan fingerprint density at radius 3 is 2.90 bits per heavy atom. The number of unbranched alkanes of at least 4 members (excludes halogenated alkanes) is 1. The molecule has 6 heteroatoms. The molecule has 2 rings (SSSR count). The number of hydrogen-bond acceptors (Lipinski definition) is 6. The maximum Gasteiger partial charge on any atom is 0.222 e. The van der Waals surface area contributed by atoms with E-state index in [9.17, 15) is 5.11 Å². The van der Waals surface area contributed by atoms with Crippen molar-refractivity contribution in [3.63, 3.8) is 0 Å². The van der Waals surface area contributed by atoms with Gasteiger partial charge in [-0.15, -0.1) is 0 Å². The number of hydrogen-bond donors (Lipinski definition) is 2. The minimum atomic E-state index is -0.109. The number of aliphatic imine (C=N–C) groups is 1. The normalized spacial score (nSPS) is 11.6. The lowest BCUT2D eigenvalue weighted by Gasteiger charge is -2.06. The van der Waals surface area contributed by atoms with Gasteiger partial charge in [0, 0.05) is 11.1 Å². The molecule has 0 unspecified atom stereocenters. The number of benzene rings is 1. The van der Waals surface area contributed by atoms with Crippen LogP contribution in [0.4, 0.5) is 11.8 Å². The van der Waals surface area contributed by atoms with Crippen molar-refractivity contribution < 1.29 is 5.11 Å². The molecule has 0 radical (unpaired) electrons. The van der Waals surface area contributed by atoms with Crippen LogP contribution in [0.15, 0.2) is 23.2 Å². The highest BCUT2D eigenvalue weighted by Gasteiger charge is 2.08. The Bertz CT molecular complexity index is 718. The molecule has 6 nitrogen and oxygen atoms in total. The lowest BCUT2D eigenvalue weighted by Crippen LogP contribution is -2.05. The van der Waals surface area contributed by atoms with Crippen LogP contribution in [0.5, 0.6) is 0 Å². The summed E-state index contributed by atoms with van der Waals surface area (Å²) in [6, 6.07) is 7.15. The zero-order valence-electron chi connectivity index (χ0n) is 11.9. The molecule has 0 saturated heterocycles. The number of fused-ring (bicyclic) bond motifs is 1. The summed E-state index contributed by atoms with van der Waals surface area (Å²) in [5.74, 6) is 0.534. The second-order valence-corrected chi connectivity index (χ2v) is 4.69. The summed E-state index contributed by atoms with van der Waals surface area (Å²) in [6.07, 6.45) is 2.70. The maximum absolute atomic E-state index is 9.39. The average molecular weight is 283 g/mol. The van der Waals surface area contributed by atoms with E-state index in [4.69, 9.17) is 11.0 Å². The fourth-order valence-corrected chi connectivity index (χ4v) is 1.99. The van der Waals surface area contributed by atoms with Crippen LogP contribution in [0.2, 0.25) is 0 Å². The molecule has 1 aromatic carbocycles. The van der Waals surface area contributed by atoms with Gasteiger partial charge in [-0.2, -0.15) is 10.2 Å². The summed E-state index contributed by atoms with van der Waals surface area (Å²) in [5.41, 5.74) is 7.44. The molecule has 0 amide bonds. The molecule has 0 fully saturated rings. The van der Waals surface area contributed by atoms with Crippen LogP contribution >= 0.6 is 0 Å². The summed E-state index contributed by atoms with van der Waals surface area (Å²) >= 11 is 0. The van der Waals surface area contributed by atoms with E-state index < -0.39 is 0 Å². The number of nitrogen functional groups attached to an aromatic ring is 1. The molecule has 0 aliphatic carbocycles. The lowest BCUT2D eigenvalue weighted by atomic mass is 10.1. The molecule has 0 spiro atoms. The van der Waals surface area contributed by atoms with E-state index >= 15 is 0 Å².